The van der Waals surface area contributed by atoms with Crippen LogP contribution >= 0.6 is 11.6 Å². The van der Waals surface area contributed by atoms with Gasteiger partial charge in [-0.05, 0) is 30.3 Å². The lowest BCUT2D eigenvalue weighted by molar-refractivity contribution is 0.433. The summed E-state index contributed by atoms with van der Waals surface area (Å²) in [5.74, 6) is -3.85. The molecule has 0 aromatic heterocycles. The van der Waals surface area contributed by atoms with Crippen LogP contribution in [0, 0.1) is 17.5 Å². The Bertz CT molecular complexity index is 616. The molecule has 0 saturated heterocycles. The van der Waals surface area contributed by atoms with Gasteiger partial charge in [0.05, 0.1) is 6.04 Å². The minimum absolute atomic E-state index is 0.0491. The second-order valence-electron chi connectivity index (χ2n) is 4.31. The second-order valence-corrected chi connectivity index (χ2v) is 4.75. The zero-order valence-corrected chi connectivity index (χ0v) is 11.5. The molecular weight excluding hydrogens is 287 g/mol. The molecule has 1 unspecified atom stereocenters. The van der Waals surface area contributed by atoms with Gasteiger partial charge in [-0.25, -0.2) is 13.2 Å². The molecule has 20 heavy (non-hydrogen) atoms. The maximum absolute atomic E-state index is 13.9. The van der Waals surface area contributed by atoms with Gasteiger partial charge in [0.2, 0.25) is 0 Å². The highest BCUT2D eigenvalue weighted by Gasteiger charge is 2.21. The van der Waals surface area contributed by atoms with Crippen LogP contribution < -0.4 is 5.32 Å². The molecule has 2 rings (SSSR count). The maximum Gasteiger partial charge on any atom is 0.194 e. The highest BCUT2D eigenvalue weighted by Crippen LogP contribution is 2.28. The van der Waals surface area contributed by atoms with Crippen LogP contribution in [0.4, 0.5) is 13.2 Å². The van der Waals surface area contributed by atoms with E-state index in [4.69, 9.17) is 11.6 Å². The van der Waals surface area contributed by atoms with Crippen LogP contribution in [-0.2, 0) is 0 Å². The Balaban J connectivity index is 2.51. The Morgan fingerprint density at radius 1 is 1.10 bits per heavy atom. The van der Waals surface area contributed by atoms with Crippen LogP contribution in [0.25, 0.3) is 0 Å². The summed E-state index contributed by atoms with van der Waals surface area (Å²) in [6.45, 7) is 2.38. The fourth-order valence-electron chi connectivity index (χ4n) is 2.06. The van der Waals surface area contributed by atoms with Crippen LogP contribution in [0.3, 0.4) is 0 Å². The minimum atomic E-state index is -1.47. The molecular formula is C15H13ClF3N. The predicted octanol–water partition coefficient (Wildman–Crippen LogP) is 4.46. The topological polar surface area (TPSA) is 12.0 Å². The van der Waals surface area contributed by atoms with E-state index in [0.717, 1.165) is 6.07 Å². The zero-order chi connectivity index (χ0) is 14.7. The number of benzene rings is 2. The third-order valence-corrected chi connectivity index (χ3v) is 3.20. The van der Waals surface area contributed by atoms with Gasteiger partial charge >= 0.3 is 0 Å². The third kappa shape index (κ3) is 2.97. The molecule has 0 aliphatic heterocycles. The summed E-state index contributed by atoms with van der Waals surface area (Å²) in [5, 5.41) is 3.54. The predicted molar refractivity (Wildman–Crippen MR) is 73.3 cm³/mol. The number of nitrogens with one attached hydrogen (secondary N) is 1. The Morgan fingerprint density at radius 3 is 2.50 bits per heavy atom. The number of hydrogen-bond donors (Lipinski definition) is 1. The van der Waals surface area contributed by atoms with E-state index >= 15 is 0 Å². The highest BCUT2D eigenvalue weighted by molar-refractivity contribution is 6.30. The first-order chi connectivity index (χ1) is 9.54. The van der Waals surface area contributed by atoms with E-state index < -0.39 is 23.5 Å². The quantitative estimate of drug-likeness (QED) is 0.822. The van der Waals surface area contributed by atoms with Gasteiger partial charge in [0.25, 0.3) is 0 Å². The SMILES string of the molecule is CCNC(c1cccc(Cl)c1)c1ccc(F)c(F)c1F. The summed E-state index contributed by atoms with van der Waals surface area (Å²) in [7, 11) is 0. The molecule has 0 aliphatic rings. The van der Waals surface area contributed by atoms with E-state index in [2.05, 4.69) is 5.32 Å². The van der Waals surface area contributed by atoms with Gasteiger partial charge in [0, 0.05) is 10.6 Å². The van der Waals surface area contributed by atoms with E-state index in [1.54, 1.807) is 24.3 Å². The lowest BCUT2D eigenvalue weighted by Crippen LogP contribution is -2.23. The molecule has 106 valence electrons. The van der Waals surface area contributed by atoms with Gasteiger partial charge in [-0.3, -0.25) is 0 Å². The van der Waals surface area contributed by atoms with Crippen LogP contribution in [0.5, 0.6) is 0 Å². The molecule has 2 aromatic rings. The Labute approximate surface area is 120 Å². The van der Waals surface area contributed by atoms with Gasteiger partial charge in [-0.15, -0.1) is 0 Å². The number of halogens is 4. The molecule has 0 radical (unpaired) electrons. The van der Waals surface area contributed by atoms with E-state index in [1.807, 2.05) is 6.92 Å². The Morgan fingerprint density at radius 2 is 1.85 bits per heavy atom. The normalized spacial score (nSPS) is 12.4. The van der Waals surface area contributed by atoms with Crippen molar-refractivity contribution < 1.29 is 13.2 Å². The van der Waals surface area contributed by atoms with E-state index in [9.17, 15) is 13.2 Å². The van der Waals surface area contributed by atoms with Crippen LogP contribution in [0.2, 0.25) is 5.02 Å². The van der Waals surface area contributed by atoms with Crippen molar-refractivity contribution in [3.05, 3.63) is 70.0 Å². The lowest BCUT2D eigenvalue weighted by Gasteiger charge is -2.20. The van der Waals surface area contributed by atoms with Crippen molar-refractivity contribution in [3.63, 3.8) is 0 Å². The van der Waals surface area contributed by atoms with Crippen molar-refractivity contribution in [2.75, 3.05) is 6.54 Å². The van der Waals surface area contributed by atoms with E-state index in [-0.39, 0.29) is 5.56 Å². The fraction of sp³-hybridized carbons (Fsp3) is 0.200. The van der Waals surface area contributed by atoms with Gasteiger partial charge < -0.3 is 5.32 Å². The lowest BCUT2D eigenvalue weighted by atomic mass is 9.98. The molecule has 0 saturated carbocycles. The Kier molecular flexibility index (Phi) is 4.68. The molecule has 0 spiro atoms. The van der Waals surface area contributed by atoms with Gasteiger partial charge in [0.15, 0.2) is 17.5 Å². The number of hydrogen-bond acceptors (Lipinski definition) is 1. The largest absolute Gasteiger partial charge is 0.306 e. The molecule has 0 bridgehead atoms. The molecule has 0 aliphatic carbocycles. The Hall–Kier alpha value is -1.52. The molecule has 0 amide bonds. The van der Waals surface area contributed by atoms with Gasteiger partial charge in [-0.2, -0.15) is 0 Å². The highest BCUT2D eigenvalue weighted by atomic mass is 35.5. The first-order valence-corrected chi connectivity index (χ1v) is 6.54. The smallest absolute Gasteiger partial charge is 0.194 e. The molecule has 1 atom stereocenters. The molecule has 0 heterocycles. The average Bonchev–Trinajstić information content (AvgIpc) is 2.43. The van der Waals surface area contributed by atoms with Crippen LogP contribution in [-0.4, -0.2) is 6.54 Å². The first kappa shape index (κ1) is 14.9. The average molecular weight is 300 g/mol. The first-order valence-electron chi connectivity index (χ1n) is 6.16. The van der Waals surface area contributed by atoms with E-state index in [1.165, 1.54) is 6.07 Å². The minimum Gasteiger partial charge on any atom is -0.306 e. The molecule has 0 fully saturated rings. The molecule has 2 aromatic carbocycles. The van der Waals surface area contributed by atoms with Gasteiger partial charge in [-0.1, -0.05) is 36.7 Å². The summed E-state index contributed by atoms with van der Waals surface area (Å²) in [4.78, 5) is 0. The van der Waals surface area contributed by atoms with Crippen molar-refractivity contribution in [1.82, 2.24) is 5.32 Å². The standard InChI is InChI=1S/C15H13ClF3N/c1-2-20-15(9-4-3-5-10(16)8-9)11-6-7-12(17)14(19)13(11)18/h3-8,15,20H,2H2,1H3. The van der Waals surface area contributed by atoms with Crippen molar-refractivity contribution >= 4 is 11.6 Å². The van der Waals surface area contributed by atoms with Crippen molar-refractivity contribution in [3.8, 4) is 0 Å². The fourth-order valence-corrected chi connectivity index (χ4v) is 2.26. The zero-order valence-electron chi connectivity index (χ0n) is 10.8. The maximum atomic E-state index is 13.9. The van der Waals surface area contributed by atoms with Crippen molar-refractivity contribution in [2.24, 2.45) is 0 Å². The van der Waals surface area contributed by atoms with Crippen LogP contribution in [0.1, 0.15) is 24.1 Å². The number of rotatable bonds is 4. The summed E-state index contributed by atoms with van der Waals surface area (Å²) in [6.07, 6.45) is 0. The molecule has 5 heteroatoms. The molecule has 1 N–H and O–H groups in total. The third-order valence-electron chi connectivity index (χ3n) is 2.97. The monoisotopic (exact) mass is 299 g/mol. The second kappa shape index (κ2) is 6.29. The van der Waals surface area contributed by atoms with Crippen molar-refractivity contribution in [1.29, 1.82) is 0 Å². The van der Waals surface area contributed by atoms with Gasteiger partial charge in [0.1, 0.15) is 0 Å². The summed E-state index contributed by atoms with van der Waals surface area (Å²) < 4.78 is 40.3. The molecule has 1 nitrogen and oxygen atoms in total. The summed E-state index contributed by atoms with van der Waals surface area (Å²) >= 11 is 5.92. The van der Waals surface area contributed by atoms with Crippen LogP contribution in [0.15, 0.2) is 36.4 Å². The van der Waals surface area contributed by atoms with E-state index in [0.29, 0.717) is 17.1 Å². The van der Waals surface area contributed by atoms with Crippen molar-refractivity contribution in [2.45, 2.75) is 13.0 Å². The summed E-state index contributed by atoms with van der Waals surface area (Å²) in [6, 6.07) is 8.39. The summed E-state index contributed by atoms with van der Waals surface area (Å²) in [5.41, 5.74) is 0.734.